The fourth-order valence-corrected chi connectivity index (χ4v) is 3.94. The van der Waals surface area contributed by atoms with Crippen molar-refractivity contribution in [2.45, 2.75) is 31.6 Å². The smallest absolute Gasteiger partial charge is 0.319 e. The van der Waals surface area contributed by atoms with Crippen LogP contribution in [0.1, 0.15) is 19.4 Å². The maximum absolute atomic E-state index is 12.9. The van der Waals surface area contributed by atoms with Crippen molar-refractivity contribution < 1.29 is 23.5 Å². The lowest BCUT2D eigenvalue weighted by molar-refractivity contribution is -0.147. The molecule has 6 nitrogen and oxygen atoms in total. The van der Waals surface area contributed by atoms with Crippen molar-refractivity contribution in [2.24, 2.45) is 0 Å². The summed E-state index contributed by atoms with van der Waals surface area (Å²) in [6, 6.07) is 13.1. The van der Waals surface area contributed by atoms with Crippen molar-refractivity contribution in [1.29, 1.82) is 0 Å². The number of hydrogen-bond donors (Lipinski definition) is 1. The number of thioether (sulfide) groups is 1. The van der Waals surface area contributed by atoms with Crippen LogP contribution in [0.3, 0.4) is 0 Å². The predicted molar refractivity (Wildman–Crippen MR) is 115 cm³/mol. The van der Waals surface area contributed by atoms with Gasteiger partial charge >= 0.3 is 5.97 Å². The van der Waals surface area contributed by atoms with E-state index in [2.05, 4.69) is 5.32 Å². The maximum Gasteiger partial charge on any atom is 0.319 e. The SMILES string of the molecule is CC(SCC(=O)Nc1ccc(F)cc1)C(=O)OCC(=O)N1c2ccccc2CC1C. The molecule has 1 aliphatic rings. The zero-order valence-electron chi connectivity index (χ0n) is 16.8. The second-order valence-corrected chi connectivity index (χ2v) is 8.39. The summed E-state index contributed by atoms with van der Waals surface area (Å²) < 4.78 is 18.1. The first-order valence-electron chi connectivity index (χ1n) is 9.58. The van der Waals surface area contributed by atoms with Gasteiger partial charge in [0.2, 0.25) is 5.91 Å². The first-order chi connectivity index (χ1) is 14.3. The summed E-state index contributed by atoms with van der Waals surface area (Å²) in [5.74, 6) is -1.50. The van der Waals surface area contributed by atoms with E-state index in [4.69, 9.17) is 4.74 Å². The number of nitrogens with one attached hydrogen (secondary N) is 1. The lowest BCUT2D eigenvalue weighted by Crippen LogP contribution is -2.39. The largest absolute Gasteiger partial charge is 0.455 e. The molecule has 0 saturated heterocycles. The van der Waals surface area contributed by atoms with Crippen LogP contribution < -0.4 is 10.2 Å². The van der Waals surface area contributed by atoms with Crippen molar-refractivity contribution in [3.05, 3.63) is 59.9 Å². The minimum Gasteiger partial charge on any atom is -0.455 e. The molecule has 2 amide bonds. The molecule has 0 fully saturated rings. The highest BCUT2D eigenvalue weighted by Crippen LogP contribution is 2.31. The molecule has 30 heavy (non-hydrogen) atoms. The van der Waals surface area contributed by atoms with Gasteiger partial charge in [0, 0.05) is 17.4 Å². The summed E-state index contributed by atoms with van der Waals surface area (Å²) in [4.78, 5) is 38.4. The normalized spacial score (nSPS) is 16.0. The van der Waals surface area contributed by atoms with E-state index in [0.717, 1.165) is 29.4 Å². The van der Waals surface area contributed by atoms with Crippen LogP contribution in [-0.4, -0.2) is 41.4 Å². The van der Waals surface area contributed by atoms with E-state index in [1.165, 1.54) is 24.3 Å². The lowest BCUT2D eigenvalue weighted by Gasteiger charge is -2.22. The van der Waals surface area contributed by atoms with Gasteiger partial charge in [0.1, 0.15) is 11.1 Å². The van der Waals surface area contributed by atoms with Crippen LogP contribution >= 0.6 is 11.8 Å². The van der Waals surface area contributed by atoms with Crippen molar-refractivity contribution in [3.8, 4) is 0 Å². The molecule has 1 N–H and O–H groups in total. The Labute approximate surface area is 178 Å². The van der Waals surface area contributed by atoms with Crippen LogP contribution in [0.2, 0.25) is 0 Å². The van der Waals surface area contributed by atoms with Crippen LogP contribution in [0.25, 0.3) is 0 Å². The number of benzene rings is 2. The third-order valence-electron chi connectivity index (χ3n) is 4.74. The number of fused-ring (bicyclic) bond motifs is 1. The summed E-state index contributed by atoms with van der Waals surface area (Å²) in [5.41, 5.74) is 2.43. The zero-order valence-corrected chi connectivity index (χ0v) is 17.6. The average molecular weight is 431 g/mol. The molecule has 2 atom stereocenters. The number of esters is 1. The molecule has 0 radical (unpaired) electrons. The molecule has 2 aromatic carbocycles. The average Bonchev–Trinajstić information content (AvgIpc) is 3.07. The Morgan fingerprint density at radius 2 is 1.90 bits per heavy atom. The third-order valence-corrected chi connectivity index (χ3v) is 5.86. The maximum atomic E-state index is 12.9. The number of ether oxygens (including phenoxy) is 1. The van der Waals surface area contributed by atoms with E-state index in [1.807, 2.05) is 31.2 Å². The van der Waals surface area contributed by atoms with Gasteiger partial charge in [-0.2, -0.15) is 0 Å². The van der Waals surface area contributed by atoms with Gasteiger partial charge in [-0.1, -0.05) is 18.2 Å². The van der Waals surface area contributed by atoms with E-state index in [0.29, 0.717) is 5.69 Å². The highest BCUT2D eigenvalue weighted by molar-refractivity contribution is 8.01. The van der Waals surface area contributed by atoms with Crippen molar-refractivity contribution in [1.82, 2.24) is 0 Å². The van der Waals surface area contributed by atoms with Crippen LogP contribution in [0.4, 0.5) is 15.8 Å². The molecule has 0 aliphatic carbocycles. The number of halogens is 1. The fraction of sp³-hybridized carbons (Fsp3) is 0.318. The number of hydrogen-bond acceptors (Lipinski definition) is 5. The van der Waals surface area contributed by atoms with E-state index in [1.54, 1.807) is 11.8 Å². The molecule has 0 aromatic heterocycles. The predicted octanol–water partition coefficient (Wildman–Crippen LogP) is 3.41. The van der Waals surface area contributed by atoms with Gasteiger partial charge in [-0.15, -0.1) is 11.8 Å². The van der Waals surface area contributed by atoms with Crippen LogP contribution in [-0.2, 0) is 25.5 Å². The number of amides is 2. The van der Waals surface area contributed by atoms with E-state index in [-0.39, 0.29) is 36.0 Å². The monoisotopic (exact) mass is 430 g/mol. The molecule has 0 spiro atoms. The first-order valence-corrected chi connectivity index (χ1v) is 10.6. The molecule has 8 heteroatoms. The number of carbonyl (C=O) groups excluding carboxylic acids is 3. The standard InChI is InChI=1S/C22H23FN2O4S/c1-14-11-16-5-3-4-6-19(16)25(14)21(27)12-29-22(28)15(2)30-13-20(26)24-18-9-7-17(23)8-10-18/h3-10,14-15H,11-13H2,1-2H3,(H,24,26). The van der Waals surface area contributed by atoms with Gasteiger partial charge in [0.25, 0.3) is 5.91 Å². The Balaban J connectivity index is 1.43. The number of carbonyl (C=O) groups is 3. The number of rotatable bonds is 7. The van der Waals surface area contributed by atoms with E-state index < -0.39 is 11.2 Å². The Morgan fingerprint density at radius 1 is 1.20 bits per heavy atom. The quantitative estimate of drug-likeness (QED) is 0.682. The molecule has 0 bridgehead atoms. The second kappa shape index (κ2) is 9.75. The summed E-state index contributed by atoms with van der Waals surface area (Å²) >= 11 is 1.10. The van der Waals surface area contributed by atoms with Gasteiger partial charge in [-0.25, -0.2) is 4.39 Å². The molecule has 1 aliphatic heterocycles. The van der Waals surface area contributed by atoms with E-state index >= 15 is 0 Å². The molecule has 0 saturated carbocycles. The van der Waals surface area contributed by atoms with Crippen LogP contribution in [0.5, 0.6) is 0 Å². The van der Waals surface area contributed by atoms with Gasteiger partial charge in [0.15, 0.2) is 6.61 Å². The first kappa shape index (κ1) is 21.8. The summed E-state index contributed by atoms with van der Waals surface area (Å²) in [6.07, 6.45) is 0.769. The fourth-order valence-electron chi connectivity index (χ4n) is 3.26. The highest BCUT2D eigenvalue weighted by atomic mass is 32.2. The summed E-state index contributed by atoms with van der Waals surface area (Å²) in [5, 5.41) is 2.01. The Kier molecular flexibility index (Phi) is 7.10. The molecular formula is C22H23FN2O4S. The van der Waals surface area contributed by atoms with Crippen molar-refractivity contribution >= 4 is 40.9 Å². The van der Waals surface area contributed by atoms with E-state index in [9.17, 15) is 18.8 Å². The number of nitrogens with zero attached hydrogens (tertiary/aromatic N) is 1. The molecule has 2 aromatic rings. The minimum absolute atomic E-state index is 0.00978. The zero-order chi connectivity index (χ0) is 21.7. The van der Waals surface area contributed by atoms with Gasteiger partial charge in [0.05, 0.1) is 5.75 Å². The van der Waals surface area contributed by atoms with Gasteiger partial charge in [-0.3, -0.25) is 14.4 Å². The topological polar surface area (TPSA) is 75.7 Å². The second-order valence-electron chi connectivity index (χ2n) is 7.06. The Bertz CT molecular complexity index is 935. The van der Waals surface area contributed by atoms with Crippen LogP contribution in [0, 0.1) is 5.82 Å². The Morgan fingerprint density at radius 3 is 2.63 bits per heavy atom. The highest BCUT2D eigenvalue weighted by Gasteiger charge is 2.31. The van der Waals surface area contributed by atoms with Crippen LogP contribution in [0.15, 0.2) is 48.5 Å². The Hall–Kier alpha value is -2.87. The molecular weight excluding hydrogens is 407 g/mol. The number of anilines is 2. The van der Waals surface area contributed by atoms with Gasteiger partial charge in [-0.05, 0) is 56.2 Å². The van der Waals surface area contributed by atoms with Crippen molar-refractivity contribution in [2.75, 3.05) is 22.6 Å². The lowest BCUT2D eigenvalue weighted by atomic mass is 10.1. The molecule has 158 valence electrons. The summed E-state index contributed by atoms with van der Waals surface area (Å²) in [7, 11) is 0. The summed E-state index contributed by atoms with van der Waals surface area (Å²) in [6.45, 7) is 3.23. The van der Waals surface area contributed by atoms with Gasteiger partial charge < -0.3 is 15.0 Å². The van der Waals surface area contributed by atoms with Crippen molar-refractivity contribution in [3.63, 3.8) is 0 Å². The number of para-hydroxylation sites is 1. The molecule has 1 heterocycles. The minimum atomic E-state index is -0.611. The molecule has 2 unspecified atom stereocenters. The molecule has 3 rings (SSSR count). The third kappa shape index (κ3) is 5.38.